The van der Waals surface area contributed by atoms with Crippen molar-refractivity contribution in [1.29, 1.82) is 0 Å². The maximum Gasteiger partial charge on any atom is 0.260 e. The van der Waals surface area contributed by atoms with Crippen molar-refractivity contribution in [2.45, 2.75) is 38.8 Å². The summed E-state index contributed by atoms with van der Waals surface area (Å²) >= 11 is 0. The quantitative estimate of drug-likeness (QED) is 0.923. The van der Waals surface area contributed by atoms with Crippen LogP contribution in [0.3, 0.4) is 0 Å². The molecule has 1 aromatic carbocycles. The normalized spacial score (nSPS) is 19.4. The third-order valence-corrected chi connectivity index (χ3v) is 3.74. The van der Waals surface area contributed by atoms with E-state index >= 15 is 0 Å². The molecule has 5 heteroatoms. The fraction of sp³-hybridized carbons (Fsp3) is 0.562. The minimum absolute atomic E-state index is 0.0264. The highest BCUT2D eigenvalue weighted by Crippen LogP contribution is 2.39. The van der Waals surface area contributed by atoms with Crippen molar-refractivity contribution in [1.82, 2.24) is 4.90 Å². The number of amides is 1. The van der Waals surface area contributed by atoms with E-state index in [0.717, 1.165) is 17.7 Å². The molecule has 1 aliphatic rings. The number of carbonyl (C=O) groups is 1. The second-order valence-electron chi connectivity index (χ2n) is 6.07. The van der Waals surface area contributed by atoms with Gasteiger partial charge in [-0.3, -0.25) is 4.79 Å². The summed E-state index contributed by atoms with van der Waals surface area (Å²) < 4.78 is 11.5. The minimum Gasteiger partial charge on any atom is -0.487 e. The topological polar surface area (TPSA) is 64.8 Å². The second kappa shape index (κ2) is 5.93. The Morgan fingerprint density at radius 3 is 2.90 bits per heavy atom. The van der Waals surface area contributed by atoms with Crippen LogP contribution >= 0.6 is 0 Å². The monoisotopic (exact) mass is 292 g/mol. The summed E-state index contributed by atoms with van der Waals surface area (Å²) in [5.41, 5.74) is 6.87. The van der Waals surface area contributed by atoms with Gasteiger partial charge < -0.3 is 20.1 Å². The van der Waals surface area contributed by atoms with Crippen molar-refractivity contribution in [3.05, 3.63) is 23.8 Å². The van der Waals surface area contributed by atoms with E-state index in [1.165, 1.54) is 0 Å². The second-order valence-corrected chi connectivity index (χ2v) is 6.07. The molecule has 1 aromatic rings. The standard InChI is InChI=1S/C16H24N2O3/c1-5-18(4)15(19)10-20-11-6-7-12-13(17)9-16(2,3)21-14(12)8-11/h6-8,13H,5,9-10,17H2,1-4H3. The highest BCUT2D eigenvalue weighted by Gasteiger charge is 2.31. The van der Waals surface area contributed by atoms with E-state index in [1.807, 2.05) is 39.0 Å². The van der Waals surface area contributed by atoms with Gasteiger partial charge in [0.1, 0.15) is 17.1 Å². The van der Waals surface area contributed by atoms with Crippen LogP contribution in [0.25, 0.3) is 0 Å². The van der Waals surface area contributed by atoms with Crippen molar-refractivity contribution >= 4 is 5.91 Å². The Labute approximate surface area is 126 Å². The van der Waals surface area contributed by atoms with Crippen LogP contribution < -0.4 is 15.2 Å². The third-order valence-electron chi connectivity index (χ3n) is 3.74. The van der Waals surface area contributed by atoms with Crippen molar-refractivity contribution in [2.75, 3.05) is 20.2 Å². The lowest BCUT2D eigenvalue weighted by Gasteiger charge is -2.36. The Hall–Kier alpha value is -1.75. The van der Waals surface area contributed by atoms with Crippen molar-refractivity contribution in [3.63, 3.8) is 0 Å². The van der Waals surface area contributed by atoms with E-state index in [2.05, 4.69) is 0 Å². The molecule has 0 fully saturated rings. The molecular weight excluding hydrogens is 268 g/mol. The number of fused-ring (bicyclic) bond motifs is 1. The van der Waals surface area contributed by atoms with E-state index in [-0.39, 0.29) is 24.2 Å². The molecule has 0 saturated heterocycles. The van der Waals surface area contributed by atoms with Gasteiger partial charge in [-0.15, -0.1) is 0 Å². The van der Waals surface area contributed by atoms with Crippen LogP contribution in [-0.4, -0.2) is 36.6 Å². The number of benzene rings is 1. The third kappa shape index (κ3) is 3.67. The molecule has 0 bridgehead atoms. The molecule has 1 amide bonds. The molecule has 1 atom stereocenters. The number of likely N-dealkylation sites (N-methyl/N-ethyl adjacent to an activating group) is 1. The summed E-state index contributed by atoms with van der Waals surface area (Å²) in [5.74, 6) is 1.32. The average Bonchev–Trinajstić information content (AvgIpc) is 2.42. The molecule has 21 heavy (non-hydrogen) atoms. The molecule has 0 spiro atoms. The number of hydrogen-bond donors (Lipinski definition) is 1. The minimum atomic E-state index is -0.288. The van der Waals surface area contributed by atoms with E-state index in [9.17, 15) is 4.79 Å². The van der Waals surface area contributed by atoms with Crippen molar-refractivity contribution in [3.8, 4) is 11.5 Å². The lowest BCUT2D eigenvalue weighted by Crippen LogP contribution is -2.37. The van der Waals surface area contributed by atoms with Gasteiger partial charge in [-0.05, 0) is 26.8 Å². The molecular formula is C16H24N2O3. The Kier molecular flexibility index (Phi) is 4.42. The fourth-order valence-electron chi connectivity index (χ4n) is 2.41. The molecule has 1 unspecified atom stereocenters. The van der Waals surface area contributed by atoms with Gasteiger partial charge in [0.2, 0.25) is 0 Å². The number of rotatable bonds is 4. The summed E-state index contributed by atoms with van der Waals surface area (Å²) in [7, 11) is 1.75. The number of carbonyl (C=O) groups excluding carboxylic acids is 1. The number of nitrogens with two attached hydrogens (primary N) is 1. The summed E-state index contributed by atoms with van der Waals surface area (Å²) in [6.45, 7) is 6.65. The molecule has 2 N–H and O–H groups in total. The van der Waals surface area contributed by atoms with E-state index < -0.39 is 0 Å². The van der Waals surface area contributed by atoms with Gasteiger partial charge in [0.25, 0.3) is 5.91 Å². The molecule has 116 valence electrons. The van der Waals surface area contributed by atoms with Gasteiger partial charge >= 0.3 is 0 Å². The number of nitrogens with zero attached hydrogens (tertiary/aromatic N) is 1. The Bertz CT molecular complexity index is 528. The van der Waals surface area contributed by atoms with Crippen LogP contribution in [0.2, 0.25) is 0 Å². The number of hydrogen-bond acceptors (Lipinski definition) is 4. The fourth-order valence-corrected chi connectivity index (χ4v) is 2.41. The highest BCUT2D eigenvalue weighted by molar-refractivity contribution is 5.77. The largest absolute Gasteiger partial charge is 0.487 e. The van der Waals surface area contributed by atoms with Gasteiger partial charge in [0, 0.05) is 37.7 Å². The van der Waals surface area contributed by atoms with Crippen LogP contribution in [0.15, 0.2) is 18.2 Å². The Morgan fingerprint density at radius 1 is 1.52 bits per heavy atom. The SMILES string of the molecule is CCN(C)C(=O)COc1ccc2c(c1)OC(C)(C)CC2N. The first kappa shape index (κ1) is 15.6. The molecule has 0 saturated carbocycles. The molecule has 1 aliphatic heterocycles. The van der Waals surface area contributed by atoms with Gasteiger partial charge in [-0.1, -0.05) is 6.07 Å². The first-order valence-electron chi connectivity index (χ1n) is 7.27. The van der Waals surface area contributed by atoms with Crippen molar-refractivity contribution in [2.24, 2.45) is 5.73 Å². The lowest BCUT2D eigenvalue weighted by molar-refractivity contribution is -0.131. The lowest BCUT2D eigenvalue weighted by atomic mass is 9.90. The molecule has 1 heterocycles. The zero-order chi connectivity index (χ0) is 15.6. The van der Waals surface area contributed by atoms with Gasteiger partial charge in [0.05, 0.1) is 0 Å². The Morgan fingerprint density at radius 2 is 2.24 bits per heavy atom. The van der Waals surface area contributed by atoms with Gasteiger partial charge in [-0.25, -0.2) is 0 Å². The predicted molar refractivity (Wildman–Crippen MR) is 81.5 cm³/mol. The molecule has 0 aliphatic carbocycles. The number of ether oxygens (including phenoxy) is 2. The molecule has 5 nitrogen and oxygen atoms in total. The van der Waals surface area contributed by atoms with Gasteiger partial charge in [0.15, 0.2) is 6.61 Å². The maximum absolute atomic E-state index is 11.7. The average molecular weight is 292 g/mol. The summed E-state index contributed by atoms with van der Waals surface area (Å²) in [6, 6.07) is 5.53. The van der Waals surface area contributed by atoms with Crippen LogP contribution in [0.5, 0.6) is 11.5 Å². The smallest absolute Gasteiger partial charge is 0.260 e. The Balaban J connectivity index is 2.09. The maximum atomic E-state index is 11.7. The van der Waals surface area contributed by atoms with Crippen LogP contribution in [0.4, 0.5) is 0 Å². The van der Waals surface area contributed by atoms with Crippen LogP contribution in [-0.2, 0) is 4.79 Å². The highest BCUT2D eigenvalue weighted by atomic mass is 16.5. The van der Waals surface area contributed by atoms with E-state index in [4.69, 9.17) is 15.2 Å². The summed E-state index contributed by atoms with van der Waals surface area (Å²) in [5, 5.41) is 0. The zero-order valence-electron chi connectivity index (χ0n) is 13.2. The van der Waals surface area contributed by atoms with Gasteiger partial charge in [-0.2, -0.15) is 0 Å². The van der Waals surface area contributed by atoms with Crippen LogP contribution in [0.1, 0.15) is 38.8 Å². The van der Waals surface area contributed by atoms with Crippen LogP contribution in [0, 0.1) is 0 Å². The molecule has 2 rings (SSSR count). The molecule has 0 aromatic heterocycles. The predicted octanol–water partition coefficient (Wildman–Crippen LogP) is 2.10. The summed E-state index contributed by atoms with van der Waals surface area (Å²) in [6.07, 6.45) is 0.778. The first-order chi connectivity index (χ1) is 9.82. The van der Waals surface area contributed by atoms with E-state index in [1.54, 1.807) is 11.9 Å². The summed E-state index contributed by atoms with van der Waals surface area (Å²) in [4.78, 5) is 13.4. The first-order valence-corrected chi connectivity index (χ1v) is 7.27. The molecule has 0 radical (unpaired) electrons. The van der Waals surface area contributed by atoms with E-state index in [0.29, 0.717) is 12.3 Å². The van der Waals surface area contributed by atoms with Crippen molar-refractivity contribution < 1.29 is 14.3 Å². The zero-order valence-corrected chi connectivity index (χ0v) is 13.2.